The van der Waals surface area contributed by atoms with Crippen molar-refractivity contribution in [1.82, 2.24) is 5.32 Å². The normalized spacial score (nSPS) is 16.9. The van der Waals surface area contributed by atoms with Crippen LogP contribution in [0.4, 0.5) is 11.4 Å². The van der Waals surface area contributed by atoms with Crippen LogP contribution in [-0.4, -0.2) is 71.1 Å². The number of aryl methyl sites for hydroxylation is 1. The van der Waals surface area contributed by atoms with Crippen molar-refractivity contribution < 1.29 is 33.3 Å². The molecule has 0 aromatic heterocycles. The van der Waals surface area contributed by atoms with Gasteiger partial charge in [-0.05, 0) is 61.2 Å². The number of methoxy groups -OCH3 is 2. The van der Waals surface area contributed by atoms with E-state index in [1.165, 1.54) is 0 Å². The Hall–Kier alpha value is -4.12. The molecule has 2 aliphatic rings. The van der Waals surface area contributed by atoms with Crippen LogP contribution in [0.2, 0.25) is 0 Å². The Labute approximate surface area is 264 Å². The maximum absolute atomic E-state index is 13.3. The van der Waals surface area contributed by atoms with Gasteiger partial charge in [-0.15, -0.1) is 0 Å². The van der Waals surface area contributed by atoms with Gasteiger partial charge in [-0.25, -0.2) is 0 Å². The fourth-order valence-corrected chi connectivity index (χ4v) is 5.74. The van der Waals surface area contributed by atoms with E-state index in [2.05, 4.69) is 10.6 Å². The number of benzene rings is 3. The average Bonchev–Trinajstić information content (AvgIpc) is 3.06. The Kier molecular flexibility index (Phi) is 11.7. The summed E-state index contributed by atoms with van der Waals surface area (Å²) in [6.45, 7) is 2.98. The molecule has 2 aliphatic heterocycles. The predicted molar refractivity (Wildman–Crippen MR) is 172 cm³/mol. The average molecular weight is 618 g/mol. The van der Waals surface area contributed by atoms with Crippen LogP contribution in [0, 0.1) is 0 Å². The second-order valence-electron chi connectivity index (χ2n) is 11.2. The molecular formula is C35H43N3O7. The van der Waals surface area contributed by atoms with Gasteiger partial charge in [-0.1, -0.05) is 24.3 Å². The molecule has 2 heterocycles. The van der Waals surface area contributed by atoms with Crippen molar-refractivity contribution in [3.63, 3.8) is 0 Å². The van der Waals surface area contributed by atoms with Gasteiger partial charge in [0.15, 0.2) is 0 Å². The molecule has 0 aliphatic carbocycles. The number of rotatable bonds is 16. The summed E-state index contributed by atoms with van der Waals surface area (Å²) in [5, 5.41) is 6.21. The molecule has 5 rings (SSSR count). The fourth-order valence-electron chi connectivity index (χ4n) is 5.74. The quantitative estimate of drug-likeness (QED) is 0.222. The van der Waals surface area contributed by atoms with E-state index >= 15 is 0 Å². The molecule has 1 saturated heterocycles. The number of carbonyl (C=O) groups excluding carboxylic acids is 2. The Morgan fingerprint density at radius 1 is 0.911 bits per heavy atom. The summed E-state index contributed by atoms with van der Waals surface area (Å²) >= 11 is 0. The highest BCUT2D eigenvalue weighted by Crippen LogP contribution is 2.31. The zero-order chi connectivity index (χ0) is 31.4. The molecule has 10 heteroatoms. The summed E-state index contributed by atoms with van der Waals surface area (Å²) in [4.78, 5) is 27.1. The lowest BCUT2D eigenvalue weighted by Gasteiger charge is -2.40. The number of nitrogens with one attached hydrogen (secondary N) is 2. The Morgan fingerprint density at radius 3 is 2.56 bits per heavy atom. The maximum atomic E-state index is 13.3. The highest BCUT2D eigenvalue weighted by atomic mass is 16.5. The first kappa shape index (κ1) is 32.3. The van der Waals surface area contributed by atoms with Crippen LogP contribution in [-0.2, 0) is 32.1 Å². The van der Waals surface area contributed by atoms with Crippen molar-refractivity contribution in [1.29, 1.82) is 0 Å². The molecule has 3 aromatic rings. The second kappa shape index (κ2) is 16.3. The molecule has 0 saturated carbocycles. The summed E-state index contributed by atoms with van der Waals surface area (Å²) in [5.41, 5.74) is 3.68. The number of para-hydroxylation sites is 1. The summed E-state index contributed by atoms with van der Waals surface area (Å²) in [5.74, 6) is 2.19. The minimum atomic E-state index is -0.305. The largest absolute Gasteiger partial charge is 0.496 e. The number of ether oxygens (including phenoxy) is 5. The molecule has 1 unspecified atom stereocenters. The number of nitrogens with zero attached hydrogens (tertiary/aromatic N) is 1. The topological polar surface area (TPSA) is 108 Å². The van der Waals surface area contributed by atoms with Gasteiger partial charge in [0, 0.05) is 56.1 Å². The molecule has 240 valence electrons. The number of hydrogen-bond donors (Lipinski definition) is 2. The number of anilines is 2. The van der Waals surface area contributed by atoms with E-state index in [4.69, 9.17) is 23.7 Å². The van der Waals surface area contributed by atoms with Crippen molar-refractivity contribution in [2.45, 2.75) is 50.9 Å². The summed E-state index contributed by atoms with van der Waals surface area (Å²) in [6, 6.07) is 21.0. The summed E-state index contributed by atoms with van der Waals surface area (Å²) < 4.78 is 29.0. The highest BCUT2D eigenvalue weighted by molar-refractivity contribution is 5.96. The fraction of sp³-hybridized carbons (Fsp3) is 0.429. The Morgan fingerprint density at radius 2 is 1.73 bits per heavy atom. The molecule has 2 amide bonds. The first-order valence-corrected chi connectivity index (χ1v) is 15.6. The van der Waals surface area contributed by atoms with Gasteiger partial charge in [-0.3, -0.25) is 9.59 Å². The van der Waals surface area contributed by atoms with E-state index in [1.54, 1.807) is 14.2 Å². The SMILES string of the molecule is COCCCC(Oc1ccc2c(c1)NC(=O)CC2)[C@@H]1CNCC(=O)N1c1ccc(OCCCOCc2ccccc2OC)cc1. The smallest absolute Gasteiger partial charge is 0.241 e. The molecule has 1 fully saturated rings. The number of hydrogen-bond acceptors (Lipinski definition) is 8. The molecule has 10 nitrogen and oxygen atoms in total. The number of carbonyl (C=O) groups is 2. The van der Waals surface area contributed by atoms with E-state index in [9.17, 15) is 9.59 Å². The lowest BCUT2D eigenvalue weighted by molar-refractivity contribution is -0.120. The lowest BCUT2D eigenvalue weighted by Crippen LogP contribution is -2.60. The third-order valence-electron chi connectivity index (χ3n) is 8.03. The van der Waals surface area contributed by atoms with Crippen molar-refractivity contribution in [3.8, 4) is 17.2 Å². The van der Waals surface area contributed by atoms with Gasteiger partial charge in [0.1, 0.15) is 23.4 Å². The van der Waals surface area contributed by atoms with E-state index < -0.39 is 0 Å². The van der Waals surface area contributed by atoms with Crippen LogP contribution >= 0.6 is 0 Å². The zero-order valence-corrected chi connectivity index (χ0v) is 26.1. The Bertz CT molecular complexity index is 1410. The van der Waals surface area contributed by atoms with E-state index in [0.717, 1.165) is 46.8 Å². The monoisotopic (exact) mass is 617 g/mol. The van der Waals surface area contributed by atoms with Crippen molar-refractivity contribution in [2.75, 3.05) is 57.3 Å². The first-order valence-electron chi connectivity index (χ1n) is 15.6. The van der Waals surface area contributed by atoms with Crippen LogP contribution in [0.1, 0.15) is 36.8 Å². The third-order valence-corrected chi connectivity index (χ3v) is 8.03. The summed E-state index contributed by atoms with van der Waals surface area (Å²) in [7, 11) is 3.34. The minimum absolute atomic E-state index is 0.00871. The zero-order valence-electron chi connectivity index (χ0n) is 26.1. The number of amides is 2. The van der Waals surface area contributed by atoms with Gasteiger partial charge in [0.05, 0.1) is 39.5 Å². The highest BCUT2D eigenvalue weighted by Gasteiger charge is 2.36. The van der Waals surface area contributed by atoms with Crippen LogP contribution in [0.5, 0.6) is 17.2 Å². The van der Waals surface area contributed by atoms with E-state index in [0.29, 0.717) is 58.0 Å². The molecule has 0 radical (unpaired) electrons. The molecule has 3 aromatic carbocycles. The third kappa shape index (κ3) is 8.75. The molecule has 45 heavy (non-hydrogen) atoms. The van der Waals surface area contributed by atoms with E-state index in [-0.39, 0.29) is 30.5 Å². The predicted octanol–water partition coefficient (Wildman–Crippen LogP) is 4.74. The van der Waals surface area contributed by atoms with Crippen molar-refractivity contribution in [3.05, 3.63) is 77.9 Å². The second-order valence-corrected chi connectivity index (χ2v) is 11.2. The number of piperazine rings is 1. The van der Waals surface area contributed by atoms with Crippen LogP contribution < -0.4 is 29.7 Å². The molecule has 2 N–H and O–H groups in total. The molecule has 0 spiro atoms. The van der Waals surface area contributed by atoms with Gasteiger partial charge in [0.25, 0.3) is 0 Å². The van der Waals surface area contributed by atoms with Crippen molar-refractivity contribution in [2.24, 2.45) is 0 Å². The minimum Gasteiger partial charge on any atom is -0.496 e. The van der Waals surface area contributed by atoms with Crippen molar-refractivity contribution >= 4 is 23.2 Å². The molecule has 2 atom stereocenters. The van der Waals surface area contributed by atoms with Gasteiger partial charge < -0.3 is 39.2 Å². The number of fused-ring (bicyclic) bond motifs is 1. The molecular weight excluding hydrogens is 574 g/mol. The lowest BCUT2D eigenvalue weighted by atomic mass is 10.00. The summed E-state index contributed by atoms with van der Waals surface area (Å²) in [6.07, 6.45) is 3.10. The van der Waals surface area contributed by atoms with Gasteiger partial charge in [-0.2, -0.15) is 0 Å². The van der Waals surface area contributed by atoms with Crippen LogP contribution in [0.15, 0.2) is 66.7 Å². The first-order chi connectivity index (χ1) is 22.1. The van der Waals surface area contributed by atoms with Gasteiger partial charge >= 0.3 is 0 Å². The molecule has 0 bridgehead atoms. The van der Waals surface area contributed by atoms with E-state index in [1.807, 2.05) is 71.6 Å². The maximum Gasteiger partial charge on any atom is 0.241 e. The van der Waals surface area contributed by atoms with Crippen LogP contribution in [0.25, 0.3) is 0 Å². The van der Waals surface area contributed by atoms with Gasteiger partial charge in [0.2, 0.25) is 11.8 Å². The Balaban J connectivity index is 1.20. The van der Waals surface area contributed by atoms with Crippen LogP contribution in [0.3, 0.4) is 0 Å². The standard InChI is InChI=1S/C35H43N3O7/c1-41-18-5-9-33(45-29-14-10-25-11-17-34(39)37-30(25)21-29)31-22-36-23-35(40)38(31)27-12-15-28(16-13-27)44-20-6-19-43-24-26-7-3-4-8-32(26)42-2/h3-4,7-8,10,12-16,21,31,33,36H,5-6,9,11,17-20,22-24H2,1-2H3,(H,37,39)/t31-,33?/m0/s1.